The Labute approximate surface area is 107 Å². The maximum Gasteiger partial charge on any atom is 0.326 e. The summed E-state index contributed by atoms with van der Waals surface area (Å²) in [5, 5.41) is 11.2. The van der Waals surface area contributed by atoms with E-state index in [4.69, 9.17) is 5.11 Å². The monoisotopic (exact) mass is 280 g/mol. The highest BCUT2D eigenvalue weighted by Gasteiger charge is 2.21. The molecule has 0 saturated carbocycles. The Morgan fingerprint density at radius 1 is 1.28 bits per heavy atom. The predicted octanol–water partition coefficient (Wildman–Crippen LogP) is -0.459. The molecule has 0 aliphatic carbocycles. The van der Waals surface area contributed by atoms with Gasteiger partial charge in [0.05, 0.1) is 12.3 Å². The van der Waals surface area contributed by atoms with Gasteiger partial charge in [-0.2, -0.15) is 0 Å². The standard InChI is InChI=1S/C10H20N2O5S/c1-4-18(16,17)11-6-9(13)12-8(10(14)15)5-7(2)3/h7-8,11H,4-6H2,1-3H3,(H,12,13)(H,14,15)/t8-/m0/s1. The number of sulfonamides is 1. The minimum absolute atomic E-state index is 0.110. The minimum Gasteiger partial charge on any atom is -0.480 e. The number of amides is 1. The molecule has 0 aromatic carbocycles. The molecule has 1 atom stereocenters. The van der Waals surface area contributed by atoms with Gasteiger partial charge in [-0.15, -0.1) is 0 Å². The van der Waals surface area contributed by atoms with Crippen molar-refractivity contribution >= 4 is 21.9 Å². The highest BCUT2D eigenvalue weighted by Crippen LogP contribution is 2.04. The lowest BCUT2D eigenvalue weighted by Gasteiger charge is -2.16. The molecule has 3 N–H and O–H groups in total. The molecule has 0 aliphatic rings. The molecule has 18 heavy (non-hydrogen) atoms. The molecule has 106 valence electrons. The first-order chi connectivity index (χ1) is 8.18. The third-order valence-corrected chi connectivity index (χ3v) is 3.52. The summed E-state index contributed by atoms with van der Waals surface area (Å²) in [6.07, 6.45) is 0.293. The van der Waals surface area contributed by atoms with E-state index in [0.717, 1.165) is 0 Å². The molecule has 7 nitrogen and oxygen atoms in total. The summed E-state index contributed by atoms with van der Waals surface area (Å²) in [4.78, 5) is 22.3. The summed E-state index contributed by atoms with van der Waals surface area (Å²) < 4.78 is 24.3. The van der Waals surface area contributed by atoms with E-state index in [0.29, 0.717) is 6.42 Å². The van der Waals surface area contributed by atoms with E-state index in [1.54, 1.807) is 0 Å². The third-order valence-electron chi connectivity index (χ3n) is 2.17. The highest BCUT2D eigenvalue weighted by atomic mass is 32.2. The van der Waals surface area contributed by atoms with Gasteiger partial charge in [-0.05, 0) is 19.3 Å². The number of carboxylic acid groups (broad SMARTS) is 1. The molecular weight excluding hydrogens is 260 g/mol. The van der Waals surface area contributed by atoms with Crippen LogP contribution in [0.15, 0.2) is 0 Å². The topological polar surface area (TPSA) is 113 Å². The van der Waals surface area contributed by atoms with Crippen molar-refractivity contribution in [1.29, 1.82) is 0 Å². The number of rotatable bonds is 8. The Bertz CT molecular complexity index is 391. The van der Waals surface area contributed by atoms with E-state index in [1.165, 1.54) is 6.92 Å². The Balaban J connectivity index is 4.31. The van der Waals surface area contributed by atoms with Gasteiger partial charge in [0.2, 0.25) is 15.9 Å². The zero-order valence-electron chi connectivity index (χ0n) is 10.8. The number of carbonyl (C=O) groups excluding carboxylic acids is 1. The van der Waals surface area contributed by atoms with Crippen molar-refractivity contribution in [2.24, 2.45) is 5.92 Å². The molecule has 0 fully saturated rings. The van der Waals surface area contributed by atoms with Crippen LogP contribution in [0.2, 0.25) is 0 Å². The zero-order chi connectivity index (χ0) is 14.3. The van der Waals surface area contributed by atoms with Crippen LogP contribution in [0, 0.1) is 5.92 Å². The Morgan fingerprint density at radius 2 is 1.83 bits per heavy atom. The number of nitrogens with one attached hydrogen (secondary N) is 2. The van der Waals surface area contributed by atoms with Crippen molar-refractivity contribution in [1.82, 2.24) is 10.0 Å². The Morgan fingerprint density at radius 3 is 2.22 bits per heavy atom. The van der Waals surface area contributed by atoms with Crippen LogP contribution in [0.3, 0.4) is 0 Å². The second-order valence-electron chi connectivity index (χ2n) is 4.31. The van der Waals surface area contributed by atoms with Gasteiger partial charge in [-0.25, -0.2) is 17.9 Å². The summed E-state index contributed by atoms with van der Waals surface area (Å²) >= 11 is 0. The van der Waals surface area contributed by atoms with Gasteiger partial charge in [-0.3, -0.25) is 4.79 Å². The number of carboxylic acids is 1. The van der Waals surface area contributed by atoms with E-state index >= 15 is 0 Å². The molecule has 0 unspecified atom stereocenters. The van der Waals surface area contributed by atoms with E-state index in [2.05, 4.69) is 10.0 Å². The molecule has 0 aromatic rings. The van der Waals surface area contributed by atoms with Crippen LogP contribution in [-0.2, 0) is 19.6 Å². The van der Waals surface area contributed by atoms with E-state index in [1.807, 2.05) is 13.8 Å². The van der Waals surface area contributed by atoms with Crippen LogP contribution < -0.4 is 10.0 Å². The Kier molecular flexibility index (Phi) is 6.85. The van der Waals surface area contributed by atoms with Crippen molar-refractivity contribution in [3.63, 3.8) is 0 Å². The van der Waals surface area contributed by atoms with Crippen LogP contribution >= 0.6 is 0 Å². The summed E-state index contributed by atoms with van der Waals surface area (Å²) in [5.41, 5.74) is 0. The van der Waals surface area contributed by atoms with Crippen molar-refractivity contribution in [3.8, 4) is 0 Å². The lowest BCUT2D eigenvalue weighted by atomic mass is 10.0. The van der Waals surface area contributed by atoms with Gasteiger partial charge < -0.3 is 10.4 Å². The SMILES string of the molecule is CCS(=O)(=O)NCC(=O)N[C@@H](CC(C)C)C(=O)O. The molecule has 0 saturated heterocycles. The summed E-state index contributed by atoms with van der Waals surface area (Å²) in [5.74, 6) is -1.80. The maximum absolute atomic E-state index is 11.4. The molecule has 0 rings (SSSR count). The fourth-order valence-electron chi connectivity index (χ4n) is 1.22. The lowest BCUT2D eigenvalue weighted by molar-refractivity contribution is -0.142. The zero-order valence-corrected chi connectivity index (χ0v) is 11.6. The molecule has 0 aromatic heterocycles. The first-order valence-electron chi connectivity index (χ1n) is 5.67. The van der Waals surface area contributed by atoms with Crippen molar-refractivity contribution < 1.29 is 23.1 Å². The van der Waals surface area contributed by atoms with Gasteiger partial charge in [0, 0.05) is 0 Å². The van der Waals surface area contributed by atoms with Gasteiger partial charge >= 0.3 is 5.97 Å². The Hall–Kier alpha value is -1.15. The molecule has 0 radical (unpaired) electrons. The van der Waals surface area contributed by atoms with Gasteiger partial charge in [0.25, 0.3) is 0 Å². The number of hydrogen-bond donors (Lipinski definition) is 3. The first kappa shape index (κ1) is 16.9. The number of carbonyl (C=O) groups is 2. The quantitative estimate of drug-likeness (QED) is 0.557. The molecular formula is C10H20N2O5S. The largest absolute Gasteiger partial charge is 0.480 e. The maximum atomic E-state index is 11.4. The highest BCUT2D eigenvalue weighted by molar-refractivity contribution is 7.89. The molecule has 0 bridgehead atoms. The van der Waals surface area contributed by atoms with Crippen molar-refractivity contribution in [3.05, 3.63) is 0 Å². The molecule has 0 aliphatic heterocycles. The van der Waals surface area contributed by atoms with Crippen LogP contribution in [0.5, 0.6) is 0 Å². The van der Waals surface area contributed by atoms with E-state index < -0.39 is 34.5 Å². The lowest BCUT2D eigenvalue weighted by Crippen LogP contribution is -2.46. The average molecular weight is 280 g/mol. The fourth-order valence-corrected chi connectivity index (χ4v) is 1.77. The molecule has 1 amide bonds. The summed E-state index contributed by atoms with van der Waals surface area (Å²) in [7, 11) is -3.45. The normalized spacial score (nSPS) is 13.3. The van der Waals surface area contributed by atoms with Crippen LogP contribution in [-0.4, -0.2) is 43.7 Å². The minimum atomic E-state index is -3.45. The summed E-state index contributed by atoms with van der Waals surface area (Å²) in [6, 6.07) is -0.997. The average Bonchev–Trinajstić information content (AvgIpc) is 2.25. The predicted molar refractivity (Wildman–Crippen MR) is 66.5 cm³/mol. The smallest absolute Gasteiger partial charge is 0.326 e. The van der Waals surface area contributed by atoms with Gasteiger partial charge in [0.1, 0.15) is 6.04 Å². The fraction of sp³-hybridized carbons (Fsp3) is 0.800. The second kappa shape index (κ2) is 7.32. The molecule has 0 spiro atoms. The third kappa shape index (κ3) is 7.23. The van der Waals surface area contributed by atoms with Crippen LogP contribution in [0.1, 0.15) is 27.2 Å². The van der Waals surface area contributed by atoms with E-state index in [-0.39, 0.29) is 11.7 Å². The summed E-state index contributed by atoms with van der Waals surface area (Å²) in [6.45, 7) is 4.67. The molecule has 8 heteroatoms. The number of aliphatic carboxylic acids is 1. The van der Waals surface area contributed by atoms with Gasteiger partial charge in [0.15, 0.2) is 0 Å². The van der Waals surface area contributed by atoms with E-state index in [9.17, 15) is 18.0 Å². The van der Waals surface area contributed by atoms with Gasteiger partial charge in [-0.1, -0.05) is 13.8 Å². The van der Waals surface area contributed by atoms with Crippen LogP contribution in [0.4, 0.5) is 0 Å². The first-order valence-corrected chi connectivity index (χ1v) is 7.32. The van der Waals surface area contributed by atoms with Crippen molar-refractivity contribution in [2.75, 3.05) is 12.3 Å². The van der Waals surface area contributed by atoms with Crippen LogP contribution in [0.25, 0.3) is 0 Å². The number of hydrogen-bond acceptors (Lipinski definition) is 4. The molecule has 0 heterocycles. The second-order valence-corrected chi connectivity index (χ2v) is 6.41. The van der Waals surface area contributed by atoms with Crippen molar-refractivity contribution in [2.45, 2.75) is 33.2 Å².